The first-order valence-corrected chi connectivity index (χ1v) is 7.59. The molecule has 1 aliphatic rings. The second kappa shape index (κ2) is 6.19. The van der Waals surface area contributed by atoms with E-state index in [4.69, 9.17) is 9.72 Å². The molecule has 0 bridgehead atoms. The molecule has 1 aromatic heterocycles. The van der Waals surface area contributed by atoms with E-state index >= 15 is 0 Å². The van der Waals surface area contributed by atoms with Gasteiger partial charge < -0.3 is 10.1 Å². The van der Waals surface area contributed by atoms with Crippen LogP contribution in [0.2, 0.25) is 0 Å². The van der Waals surface area contributed by atoms with Crippen molar-refractivity contribution in [3.63, 3.8) is 0 Å². The standard InChI is InChI=1S/C16H27N3O/c1-11-7-6-8-16(9-11,20-5)15-18-10-14(12(2)17-4)13(3)19-15/h10-12,17H,6-9H2,1-5H3. The van der Waals surface area contributed by atoms with Gasteiger partial charge in [-0.25, -0.2) is 9.97 Å². The zero-order valence-electron chi connectivity index (χ0n) is 13.4. The van der Waals surface area contributed by atoms with Crippen LogP contribution in [0, 0.1) is 12.8 Å². The lowest BCUT2D eigenvalue weighted by Crippen LogP contribution is -2.36. The van der Waals surface area contributed by atoms with Gasteiger partial charge in [-0.1, -0.05) is 13.3 Å². The Balaban J connectivity index is 2.34. The van der Waals surface area contributed by atoms with Gasteiger partial charge in [0.1, 0.15) is 5.60 Å². The Morgan fingerprint density at radius 2 is 2.25 bits per heavy atom. The van der Waals surface area contributed by atoms with Gasteiger partial charge >= 0.3 is 0 Å². The Morgan fingerprint density at radius 1 is 1.50 bits per heavy atom. The van der Waals surface area contributed by atoms with Gasteiger partial charge in [0, 0.05) is 30.6 Å². The lowest BCUT2D eigenvalue weighted by molar-refractivity contribution is -0.0647. The Hall–Kier alpha value is -1.00. The van der Waals surface area contributed by atoms with Crippen LogP contribution in [-0.4, -0.2) is 24.1 Å². The monoisotopic (exact) mass is 277 g/mol. The van der Waals surface area contributed by atoms with E-state index < -0.39 is 0 Å². The maximum absolute atomic E-state index is 5.88. The third-order valence-corrected chi connectivity index (χ3v) is 4.67. The molecular formula is C16H27N3O. The van der Waals surface area contributed by atoms with E-state index in [0.29, 0.717) is 5.92 Å². The van der Waals surface area contributed by atoms with Crippen LogP contribution < -0.4 is 5.32 Å². The highest BCUT2D eigenvalue weighted by atomic mass is 16.5. The van der Waals surface area contributed by atoms with Crippen LogP contribution >= 0.6 is 0 Å². The Kier molecular flexibility index (Phi) is 4.76. The molecule has 1 saturated carbocycles. The third-order valence-electron chi connectivity index (χ3n) is 4.67. The lowest BCUT2D eigenvalue weighted by Gasteiger charge is -2.37. The van der Waals surface area contributed by atoms with Crippen LogP contribution in [0.1, 0.15) is 62.7 Å². The molecule has 0 aromatic carbocycles. The Labute approximate surface area is 122 Å². The molecular weight excluding hydrogens is 250 g/mol. The molecule has 1 aromatic rings. The molecule has 2 rings (SSSR count). The number of nitrogens with zero attached hydrogens (tertiary/aromatic N) is 2. The molecule has 0 spiro atoms. The fourth-order valence-electron chi connectivity index (χ4n) is 3.26. The molecule has 0 radical (unpaired) electrons. The summed E-state index contributed by atoms with van der Waals surface area (Å²) in [7, 11) is 3.75. The average Bonchev–Trinajstić information content (AvgIpc) is 2.46. The van der Waals surface area contributed by atoms with Gasteiger partial charge in [-0.3, -0.25) is 0 Å². The summed E-state index contributed by atoms with van der Waals surface area (Å²) >= 11 is 0. The largest absolute Gasteiger partial charge is 0.370 e. The number of rotatable bonds is 4. The second-order valence-corrected chi connectivity index (χ2v) is 6.14. The van der Waals surface area contributed by atoms with E-state index in [2.05, 4.69) is 31.1 Å². The molecule has 0 amide bonds. The summed E-state index contributed by atoms with van der Waals surface area (Å²) in [6, 6.07) is 0.271. The highest BCUT2D eigenvalue weighted by Gasteiger charge is 2.39. The Bertz CT molecular complexity index is 463. The van der Waals surface area contributed by atoms with Crippen molar-refractivity contribution in [3.05, 3.63) is 23.3 Å². The predicted molar refractivity (Wildman–Crippen MR) is 80.6 cm³/mol. The van der Waals surface area contributed by atoms with Crippen molar-refractivity contribution in [2.24, 2.45) is 5.92 Å². The molecule has 3 unspecified atom stereocenters. The normalized spacial score (nSPS) is 28.4. The van der Waals surface area contributed by atoms with Crippen molar-refractivity contribution in [3.8, 4) is 0 Å². The fourth-order valence-corrected chi connectivity index (χ4v) is 3.26. The minimum atomic E-state index is -0.288. The van der Waals surface area contributed by atoms with E-state index in [1.165, 1.54) is 12.8 Å². The van der Waals surface area contributed by atoms with Crippen LogP contribution in [-0.2, 0) is 10.3 Å². The second-order valence-electron chi connectivity index (χ2n) is 6.14. The van der Waals surface area contributed by atoms with Crippen molar-refractivity contribution < 1.29 is 4.74 Å². The van der Waals surface area contributed by atoms with Gasteiger partial charge in [-0.15, -0.1) is 0 Å². The summed E-state index contributed by atoms with van der Waals surface area (Å²) in [5.74, 6) is 1.53. The first-order valence-electron chi connectivity index (χ1n) is 7.59. The zero-order valence-corrected chi connectivity index (χ0v) is 13.4. The molecule has 1 N–H and O–H groups in total. The van der Waals surface area contributed by atoms with Gasteiger partial charge in [-0.05, 0) is 46.1 Å². The number of hydrogen-bond acceptors (Lipinski definition) is 4. The summed E-state index contributed by atoms with van der Waals surface area (Å²) in [5.41, 5.74) is 1.92. The lowest BCUT2D eigenvalue weighted by atomic mass is 9.78. The Morgan fingerprint density at radius 3 is 2.80 bits per heavy atom. The number of hydrogen-bond donors (Lipinski definition) is 1. The van der Waals surface area contributed by atoms with Crippen molar-refractivity contribution in [2.75, 3.05) is 14.2 Å². The van der Waals surface area contributed by atoms with E-state index in [1.54, 1.807) is 7.11 Å². The van der Waals surface area contributed by atoms with Crippen LogP contribution in [0.4, 0.5) is 0 Å². The topological polar surface area (TPSA) is 47.0 Å². The molecule has 1 aliphatic carbocycles. The number of aromatic nitrogens is 2. The van der Waals surface area contributed by atoms with E-state index in [0.717, 1.165) is 29.9 Å². The smallest absolute Gasteiger partial charge is 0.160 e. The van der Waals surface area contributed by atoms with E-state index in [-0.39, 0.29) is 11.6 Å². The van der Waals surface area contributed by atoms with Crippen LogP contribution in [0.15, 0.2) is 6.20 Å². The summed E-state index contributed by atoms with van der Waals surface area (Å²) in [5, 5.41) is 3.24. The van der Waals surface area contributed by atoms with E-state index in [9.17, 15) is 0 Å². The molecule has 20 heavy (non-hydrogen) atoms. The van der Waals surface area contributed by atoms with Crippen molar-refractivity contribution in [1.29, 1.82) is 0 Å². The van der Waals surface area contributed by atoms with Crippen molar-refractivity contribution in [2.45, 2.75) is 58.1 Å². The van der Waals surface area contributed by atoms with Gasteiger partial charge in [0.25, 0.3) is 0 Å². The molecule has 1 fully saturated rings. The van der Waals surface area contributed by atoms with Crippen molar-refractivity contribution >= 4 is 0 Å². The zero-order chi connectivity index (χ0) is 14.8. The third kappa shape index (κ3) is 2.86. The summed E-state index contributed by atoms with van der Waals surface area (Å²) in [6.45, 7) is 6.47. The number of methoxy groups -OCH3 is 1. The van der Waals surface area contributed by atoms with E-state index in [1.807, 2.05) is 13.2 Å². The van der Waals surface area contributed by atoms with Gasteiger partial charge in [-0.2, -0.15) is 0 Å². The van der Waals surface area contributed by atoms with Gasteiger partial charge in [0.15, 0.2) is 5.82 Å². The molecule has 3 atom stereocenters. The maximum atomic E-state index is 5.88. The SMILES string of the molecule is CNC(C)c1cnc(C2(OC)CCCC(C)C2)nc1C. The number of ether oxygens (including phenoxy) is 1. The van der Waals surface area contributed by atoms with Crippen LogP contribution in [0.3, 0.4) is 0 Å². The summed E-state index contributed by atoms with van der Waals surface area (Å²) in [6.07, 6.45) is 6.46. The molecule has 4 nitrogen and oxygen atoms in total. The molecule has 0 saturated heterocycles. The van der Waals surface area contributed by atoms with Gasteiger partial charge in [0.05, 0.1) is 0 Å². The predicted octanol–water partition coefficient (Wildman–Crippen LogP) is 3.12. The first-order chi connectivity index (χ1) is 9.52. The fraction of sp³-hybridized carbons (Fsp3) is 0.750. The van der Waals surface area contributed by atoms with Crippen LogP contribution in [0.5, 0.6) is 0 Å². The molecule has 1 heterocycles. The van der Waals surface area contributed by atoms with Crippen molar-refractivity contribution in [1.82, 2.24) is 15.3 Å². The summed E-state index contributed by atoms with van der Waals surface area (Å²) in [4.78, 5) is 9.40. The summed E-state index contributed by atoms with van der Waals surface area (Å²) < 4.78 is 5.88. The first kappa shape index (κ1) is 15.4. The number of nitrogens with one attached hydrogen (secondary N) is 1. The molecule has 112 valence electrons. The van der Waals surface area contributed by atoms with Crippen LogP contribution in [0.25, 0.3) is 0 Å². The average molecular weight is 277 g/mol. The van der Waals surface area contributed by atoms with Gasteiger partial charge in [0.2, 0.25) is 0 Å². The quantitative estimate of drug-likeness (QED) is 0.918. The maximum Gasteiger partial charge on any atom is 0.160 e. The number of aryl methyl sites for hydroxylation is 1. The minimum absolute atomic E-state index is 0.271. The highest BCUT2D eigenvalue weighted by Crippen LogP contribution is 2.41. The highest BCUT2D eigenvalue weighted by molar-refractivity contribution is 5.22. The minimum Gasteiger partial charge on any atom is -0.370 e. The molecule has 4 heteroatoms. The molecule has 0 aliphatic heterocycles.